The van der Waals surface area contributed by atoms with Crippen molar-refractivity contribution in [3.8, 4) is 0 Å². The third-order valence-electron chi connectivity index (χ3n) is 5.94. The Bertz CT molecular complexity index is 1230. The lowest BCUT2D eigenvalue weighted by molar-refractivity contribution is 0.311. The average Bonchev–Trinajstić information content (AvgIpc) is 3.31. The van der Waals surface area contributed by atoms with Crippen LogP contribution in [0.1, 0.15) is 11.1 Å². The highest BCUT2D eigenvalue weighted by Gasteiger charge is 2.20. The second-order valence-corrected chi connectivity index (χ2v) is 8.93. The van der Waals surface area contributed by atoms with Gasteiger partial charge in [-0.15, -0.1) is 0 Å². The molecule has 8 nitrogen and oxygen atoms in total. The SMILES string of the molecule is Cc1cc(Nc2nc(NC3=NCC(c4ccccc4)=C3)nc(N3CCN(C)CC3)n2)ccc1Cl. The van der Waals surface area contributed by atoms with Crippen LogP contribution in [0.4, 0.5) is 23.5 Å². The summed E-state index contributed by atoms with van der Waals surface area (Å²) >= 11 is 6.19. The molecule has 1 aromatic heterocycles. The van der Waals surface area contributed by atoms with Crippen molar-refractivity contribution in [2.45, 2.75) is 6.92 Å². The lowest BCUT2D eigenvalue weighted by atomic mass is 10.1. The zero-order valence-electron chi connectivity index (χ0n) is 19.3. The molecule has 0 aliphatic carbocycles. The molecule has 0 radical (unpaired) electrons. The number of rotatable bonds is 5. The van der Waals surface area contributed by atoms with Gasteiger partial charge in [-0.05, 0) is 54.9 Å². The number of halogens is 1. The lowest BCUT2D eigenvalue weighted by Gasteiger charge is -2.32. The van der Waals surface area contributed by atoms with Crippen LogP contribution in [0.25, 0.3) is 5.57 Å². The van der Waals surface area contributed by atoms with Crippen LogP contribution in [0.5, 0.6) is 0 Å². The number of anilines is 4. The number of aromatic nitrogens is 3. The van der Waals surface area contributed by atoms with E-state index >= 15 is 0 Å². The van der Waals surface area contributed by atoms with Gasteiger partial charge in [0.2, 0.25) is 17.8 Å². The molecule has 34 heavy (non-hydrogen) atoms. The zero-order chi connectivity index (χ0) is 23.5. The van der Waals surface area contributed by atoms with Gasteiger partial charge < -0.3 is 20.4 Å². The molecule has 2 aromatic carbocycles. The summed E-state index contributed by atoms with van der Waals surface area (Å²) < 4.78 is 0. The fourth-order valence-corrected chi connectivity index (χ4v) is 4.04. The Kier molecular flexibility index (Phi) is 6.42. The number of benzene rings is 2. The van der Waals surface area contributed by atoms with E-state index in [1.54, 1.807) is 0 Å². The standard InChI is InChI=1S/C25H27ClN8/c1-17-14-20(8-9-21(17)26)28-23-30-24(32-25(31-23)34-12-10-33(2)11-13-34)29-22-15-19(16-27-22)18-6-4-3-5-7-18/h3-9,14-15H,10-13,16H2,1-2H3,(H2,27,28,29,30,31,32). The van der Waals surface area contributed by atoms with E-state index in [1.807, 2.05) is 49.4 Å². The first-order valence-electron chi connectivity index (χ1n) is 11.3. The minimum atomic E-state index is 0.460. The molecule has 1 fully saturated rings. The number of amidine groups is 1. The summed E-state index contributed by atoms with van der Waals surface area (Å²) in [6.07, 6.45) is 2.05. The Labute approximate surface area is 204 Å². The van der Waals surface area contributed by atoms with Crippen LogP contribution in [-0.4, -0.2) is 65.5 Å². The minimum absolute atomic E-state index is 0.460. The van der Waals surface area contributed by atoms with Gasteiger partial charge in [-0.2, -0.15) is 15.0 Å². The van der Waals surface area contributed by atoms with E-state index in [9.17, 15) is 0 Å². The molecule has 0 amide bonds. The van der Waals surface area contributed by atoms with E-state index in [2.05, 4.69) is 49.6 Å². The third-order valence-corrected chi connectivity index (χ3v) is 6.36. The number of aryl methyl sites for hydroxylation is 1. The lowest BCUT2D eigenvalue weighted by Crippen LogP contribution is -2.45. The molecule has 0 unspecified atom stereocenters. The first-order chi connectivity index (χ1) is 16.5. The molecule has 3 heterocycles. The summed E-state index contributed by atoms with van der Waals surface area (Å²) in [7, 11) is 2.13. The molecule has 1 saturated heterocycles. The molecular weight excluding hydrogens is 448 g/mol. The van der Waals surface area contributed by atoms with Crippen LogP contribution in [0.3, 0.4) is 0 Å². The Morgan fingerprint density at radius 3 is 2.35 bits per heavy atom. The second-order valence-electron chi connectivity index (χ2n) is 8.52. The van der Waals surface area contributed by atoms with Crippen molar-refractivity contribution >= 4 is 46.5 Å². The fourth-order valence-electron chi connectivity index (χ4n) is 3.92. The molecule has 9 heteroatoms. The molecule has 174 valence electrons. The summed E-state index contributed by atoms with van der Waals surface area (Å²) in [4.78, 5) is 23.2. The normalized spacial score (nSPS) is 16.3. The summed E-state index contributed by atoms with van der Waals surface area (Å²) in [5, 5.41) is 7.32. The molecule has 2 aliphatic rings. The van der Waals surface area contributed by atoms with E-state index in [0.29, 0.717) is 24.4 Å². The van der Waals surface area contributed by atoms with Crippen molar-refractivity contribution in [1.29, 1.82) is 0 Å². The van der Waals surface area contributed by atoms with Crippen molar-refractivity contribution < 1.29 is 0 Å². The van der Waals surface area contributed by atoms with E-state index in [0.717, 1.165) is 59.4 Å². The van der Waals surface area contributed by atoms with Crippen LogP contribution < -0.4 is 15.5 Å². The molecule has 0 saturated carbocycles. The highest BCUT2D eigenvalue weighted by Crippen LogP contribution is 2.24. The Morgan fingerprint density at radius 2 is 1.62 bits per heavy atom. The topological polar surface area (TPSA) is 81.6 Å². The van der Waals surface area contributed by atoms with Gasteiger partial charge in [0.05, 0.1) is 6.54 Å². The van der Waals surface area contributed by atoms with Crippen LogP contribution in [-0.2, 0) is 0 Å². The first kappa shape index (κ1) is 22.3. The molecule has 0 bridgehead atoms. The number of aliphatic imine (C=N–C) groups is 1. The molecule has 0 spiro atoms. The van der Waals surface area contributed by atoms with Gasteiger partial charge >= 0.3 is 0 Å². The van der Waals surface area contributed by atoms with Crippen LogP contribution >= 0.6 is 11.6 Å². The number of hydrogen-bond donors (Lipinski definition) is 2. The van der Waals surface area contributed by atoms with Crippen molar-refractivity contribution in [1.82, 2.24) is 19.9 Å². The molecule has 2 aliphatic heterocycles. The summed E-state index contributed by atoms with van der Waals surface area (Å²) in [6, 6.07) is 16.0. The summed E-state index contributed by atoms with van der Waals surface area (Å²) in [6.45, 7) is 6.24. The zero-order valence-corrected chi connectivity index (χ0v) is 20.0. The van der Waals surface area contributed by atoms with E-state index < -0.39 is 0 Å². The predicted octanol–water partition coefficient (Wildman–Crippen LogP) is 4.24. The molecule has 3 aromatic rings. The maximum atomic E-state index is 6.19. The largest absolute Gasteiger partial charge is 0.338 e. The highest BCUT2D eigenvalue weighted by atomic mass is 35.5. The van der Waals surface area contributed by atoms with Crippen LogP contribution in [0.2, 0.25) is 5.02 Å². The Morgan fingerprint density at radius 1 is 0.882 bits per heavy atom. The molecular formula is C25H27ClN8. The monoisotopic (exact) mass is 474 g/mol. The van der Waals surface area contributed by atoms with Crippen molar-refractivity contribution in [3.63, 3.8) is 0 Å². The maximum absolute atomic E-state index is 6.19. The van der Waals surface area contributed by atoms with Crippen molar-refractivity contribution in [3.05, 3.63) is 70.8 Å². The highest BCUT2D eigenvalue weighted by molar-refractivity contribution is 6.31. The van der Waals surface area contributed by atoms with Gasteiger partial charge in [-0.25, -0.2) is 0 Å². The first-order valence-corrected chi connectivity index (χ1v) is 11.7. The fraction of sp³-hybridized carbons (Fsp3) is 0.280. The second kappa shape index (κ2) is 9.79. The number of nitrogens with zero attached hydrogens (tertiary/aromatic N) is 6. The van der Waals surface area contributed by atoms with Gasteiger partial charge in [-0.3, -0.25) is 4.99 Å². The average molecular weight is 475 g/mol. The quantitative estimate of drug-likeness (QED) is 0.572. The number of likely N-dealkylation sites (N-methyl/N-ethyl adjacent to an activating group) is 1. The van der Waals surface area contributed by atoms with Gasteiger partial charge in [0.25, 0.3) is 0 Å². The molecule has 5 rings (SSSR count). The number of nitrogens with one attached hydrogen (secondary N) is 2. The van der Waals surface area contributed by atoms with E-state index in [4.69, 9.17) is 21.6 Å². The molecule has 0 atom stereocenters. The smallest absolute Gasteiger partial charge is 0.235 e. The maximum Gasteiger partial charge on any atom is 0.235 e. The van der Waals surface area contributed by atoms with Gasteiger partial charge in [0, 0.05) is 36.9 Å². The number of hydrogen-bond acceptors (Lipinski definition) is 8. The number of piperazine rings is 1. The Hall–Kier alpha value is -3.49. The molecule has 2 N–H and O–H groups in total. The van der Waals surface area contributed by atoms with Crippen molar-refractivity contribution in [2.75, 3.05) is 55.3 Å². The van der Waals surface area contributed by atoms with Crippen molar-refractivity contribution in [2.24, 2.45) is 4.99 Å². The third kappa shape index (κ3) is 5.18. The van der Waals surface area contributed by atoms with Gasteiger partial charge in [-0.1, -0.05) is 41.9 Å². The minimum Gasteiger partial charge on any atom is -0.338 e. The van der Waals surface area contributed by atoms with Gasteiger partial charge in [0.1, 0.15) is 5.84 Å². The summed E-state index contributed by atoms with van der Waals surface area (Å²) in [5.74, 6) is 2.31. The van der Waals surface area contributed by atoms with Crippen LogP contribution in [0, 0.1) is 6.92 Å². The van der Waals surface area contributed by atoms with E-state index in [1.165, 1.54) is 0 Å². The van der Waals surface area contributed by atoms with Gasteiger partial charge in [0.15, 0.2) is 0 Å². The van der Waals surface area contributed by atoms with E-state index in [-0.39, 0.29) is 0 Å². The van der Waals surface area contributed by atoms with Crippen LogP contribution in [0.15, 0.2) is 59.6 Å². The summed E-state index contributed by atoms with van der Waals surface area (Å²) in [5.41, 5.74) is 4.17. The predicted molar refractivity (Wildman–Crippen MR) is 139 cm³/mol. The Balaban J connectivity index is 1.41.